The lowest BCUT2D eigenvalue weighted by Crippen LogP contribution is -2.25. The molecular formula is C37H34ClN7OS. The zero-order valence-corrected chi connectivity index (χ0v) is 28.1. The minimum atomic E-state index is -0.406. The molecule has 0 fully saturated rings. The van der Waals surface area contributed by atoms with Gasteiger partial charge in [-0.2, -0.15) is 4.99 Å². The third-order valence-corrected chi connectivity index (χ3v) is 10.3. The number of amides is 1. The predicted molar refractivity (Wildman–Crippen MR) is 190 cm³/mol. The van der Waals surface area contributed by atoms with Crippen molar-refractivity contribution >= 4 is 46.2 Å². The van der Waals surface area contributed by atoms with Crippen LogP contribution >= 0.6 is 22.9 Å². The number of fused-ring (bicyclic) bond motifs is 5. The third-order valence-electron chi connectivity index (χ3n) is 8.82. The molecule has 0 aliphatic carbocycles. The van der Waals surface area contributed by atoms with E-state index in [1.54, 1.807) is 11.3 Å². The lowest BCUT2D eigenvalue weighted by molar-refractivity contribution is -0.113. The zero-order chi connectivity index (χ0) is 32.7. The molecular weight excluding hydrogens is 626 g/mol. The largest absolute Gasteiger partial charge is 0.328 e. The molecule has 5 heterocycles. The first-order chi connectivity index (χ1) is 22.8. The maximum absolute atomic E-state index is 12.1. The number of amidine groups is 2. The maximum Gasteiger partial charge on any atom is 0.271 e. The minimum Gasteiger partial charge on any atom is -0.328 e. The summed E-state index contributed by atoms with van der Waals surface area (Å²) in [5.74, 6) is 2.53. The number of hydrogen-bond acceptors (Lipinski definition) is 6. The predicted octanol–water partition coefficient (Wildman–Crippen LogP) is 8.19. The van der Waals surface area contributed by atoms with Gasteiger partial charge in [-0.15, -0.1) is 21.5 Å². The van der Waals surface area contributed by atoms with Crippen LogP contribution in [-0.2, 0) is 11.3 Å². The Labute approximate surface area is 283 Å². The first-order valence-electron chi connectivity index (χ1n) is 15.7. The van der Waals surface area contributed by atoms with Crippen molar-refractivity contribution in [2.45, 2.75) is 59.0 Å². The molecule has 0 saturated carbocycles. The molecule has 0 saturated heterocycles. The number of unbranched alkanes of at least 4 members (excludes halogenated alkanes) is 1. The Morgan fingerprint density at radius 3 is 2.70 bits per heavy atom. The van der Waals surface area contributed by atoms with Gasteiger partial charge in [0, 0.05) is 39.3 Å². The SMILES string of the molecule is C=CC(=O)/N=C1\N=C2C=CC(CCCCC3N=C(c4ccc(Cl)cc4)c4c(sc(C)c4C)-n4c(C)nnc43)=CN2Cc2ccccc21. The normalized spacial score (nSPS) is 17.4. The Morgan fingerprint density at radius 2 is 1.89 bits per heavy atom. The van der Waals surface area contributed by atoms with Gasteiger partial charge < -0.3 is 4.90 Å². The highest BCUT2D eigenvalue weighted by atomic mass is 35.5. The van der Waals surface area contributed by atoms with Crippen LogP contribution in [0.1, 0.15) is 76.1 Å². The number of thiophene rings is 1. The summed E-state index contributed by atoms with van der Waals surface area (Å²) in [6.07, 6.45) is 11.2. The fourth-order valence-electron chi connectivity index (χ4n) is 6.28. The number of halogens is 1. The molecule has 10 heteroatoms. The van der Waals surface area contributed by atoms with E-state index in [-0.39, 0.29) is 6.04 Å². The van der Waals surface area contributed by atoms with Crippen molar-refractivity contribution in [3.63, 3.8) is 0 Å². The van der Waals surface area contributed by atoms with Crippen LogP contribution in [0.4, 0.5) is 0 Å². The Morgan fingerprint density at radius 1 is 1.09 bits per heavy atom. The molecule has 4 aromatic rings. The molecule has 0 bridgehead atoms. The van der Waals surface area contributed by atoms with Gasteiger partial charge in [0.05, 0.1) is 5.71 Å². The highest BCUT2D eigenvalue weighted by Gasteiger charge is 2.31. The van der Waals surface area contributed by atoms with Crippen LogP contribution in [0.2, 0.25) is 5.02 Å². The number of aliphatic imine (C=N–C) groups is 3. The first-order valence-corrected chi connectivity index (χ1v) is 16.9. The molecule has 47 heavy (non-hydrogen) atoms. The Bertz CT molecular complexity index is 2060. The summed E-state index contributed by atoms with van der Waals surface area (Å²) in [6.45, 7) is 10.6. The van der Waals surface area contributed by atoms with Crippen LogP contribution in [0, 0.1) is 20.8 Å². The smallest absolute Gasteiger partial charge is 0.271 e. The van der Waals surface area contributed by atoms with E-state index in [2.05, 4.69) is 75.6 Å². The molecule has 0 radical (unpaired) electrons. The number of allylic oxidation sites excluding steroid dienone is 2. The Kier molecular flexibility index (Phi) is 8.42. The number of carbonyl (C=O) groups is 1. The monoisotopic (exact) mass is 659 g/mol. The first kappa shape index (κ1) is 30.9. The third kappa shape index (κ3) is 5.97. The van der Waals surface area contributed by atoms with Crippen molar-refractivity contribution in [2.75, 3.05) is 0 Å². The van der Waals surface area contributed by atoms with Gasteiger partial charge in [0.2, 0.25) is 0 Å². The summed E-state index contributed by atoms with van der Waals surface area (Å²) in [5.41, 5.74) is 7.57. The molecule has 1 atom stereocenters. The minimum absolute atomic E-state index is 0.131. The Hall–Kier alpha value is -4.73. The van der Waals surface area contributed by atoms with Crippen molar-refractivity contribution < 1.29 is 4.79 Å². The van der Waals surface area contributed by atoms with Gasteiger partial charge in [0.1, 0.15) is 22.7 Å². The number of aryl methyl sites for hydroxylation is 2. The summed E-state index contributed by atoms with van der Waals surface area (Å²) >= 11 is 8.04. The second kappa shape index (κ2) is 12.8. The van der Waals surface area contributed by atoms with E-state index in [1.807, 2.05) is 43.3 Å². The number of hydrogen-bond donors (Lipinski definition) is 0. The summed E-state index contributed by atoms with van der Waals surface area (Å²) < 4.78 is 2.21. The van der Waals surface area contributed by atoms with Crippen LogP contribution in [0.25, 0.3) is 5.00 Å². The number of benzene rings is 2. The zero-order valence-electron chi connectivity index (χ0n) is 26.6. The maximum atomic E-state index is 12.1. The molecule has 1 unspecified atom stereocenters. The quantitative estimate of drug-likeness (QED) is 0.148. The van der Waals surface area contributed by atoms with Crippen LogP contribution < -0.4 is 0 Å². The molecule has 236 valence electrons. The highest BCUT2D eigenvalue weighted by Crippen LogP contribution is 2.40. The average Bonchev–Trinajstić information content (AvgIpc) is 3.48. The summed E-state index contributed by atoms with van der Waals surface area (Å²) in [7, 11) is 0. The number of aromatic nitrogens is 3. The van der Waals surface area contributed by atoms with Gasteiger partial charge in [-0.25, -0.2) is 4.99 Å². The summed E-state index contributed by atoms with van der Waals surface area (Å²) in [6, 6.07) is 15.8. The van der Waals surface area contributed by atoms with Crippen LogP contribution in [0.15, 0.2) is 100 Å². The van der Waals surface area contributed by atoms with Gasteiger partial charge in [0.25, 0.3) is 5.91 Å². The molecule has 2 aromatic heterocycles. The van der Waals surface area contributed by atoms with E-state index < -0.39 is 5.91 Å². The molecule has 7 rings (SSSR count). The summed E-state index contributed by atoms with van der Waals surface area (Å²) in [5, 5.41) is 11.0. The Balaban J connectivity index is 1.12. The molecule has 3 aliphatic heterocycles. The molecule has 3 aliphatic rings. The van der Waals surface area contributed by atoms with Crippen LogP contribution in [0.5, 0.6) is 0 Å². The molecule has 1 amide bonds. The van der Waals surface area contributed by atoms with E-state index in [4.69, 9.17) is 21.6 Å². The molecule has 8 nitrogen and oxygen atoms in total. The van der Waals surface area contributed by atoms with E-state index in [0.717, 1.165) is 76.1 Å². The molecule has 0 N–H and O–H groups in total. The topological polar surface area (TPSA) is 88.1 Å². The van der Waals surface area contributed by atoms with Gasteiger partial charge in [-0.3, -0.25) is 14.4 Å². The number of carbonyl (C=O) groups excluding carboxylic acids is 1. The standard InChI is InChI=1S/C37H34ClN7OS/c1-5-32(46)41-35-29-12-8-7-11-27(29)21-44-20-25(14-19-31(44)40-35)10-6-9-13-30-36-43-42-24(4)45(36)37-33(22(2)23(3)47-37)34(39-30)26-15-17-28(38)18-16-26/h5,7-8,11-12,14-20,30H,1,6,9-10,13,21H2,2-4H3/b41-35-. The number of nitrogens with zero attached hydrogens (tertiary/aromatic N) is 7. The average molecular weight is 660 g/mol. The summed E-state index contributed by atoms with van der Waals surface area (Å²) in [4.78, 5) is 29.9. The van der Waals surface area contributed by atoms with Gasteiger partial charge in [-0.1, -0.05) is 67.1 Å². The van der Waals surface area contributed by atoms with Crippen molar-refractivity contribution in [3.8, 4) is 5.00 Å². The van der Waals surface area contributed by atoms with Gasteiger partial charge in [0.15, 0.2) is 11.7 Å². The van der Waals surface area contributed by atoms with E-state index in [0.29, 0.717) is 17.4 Å². The van der Waals surface area contributed by atoms with Crippen LogP contribution in [-0.4, -0.2) is 43.0 Å². The molecule has 2 aromatic carbocycles. The lowest BCUT2D eigenvalue weighted by Gasteiger charge is -2.23. The van der Waals surface area contributed by atoms with Crippen molar-refractivity contribution in [2.24, 2.45) is 15.0 Å². The van der Waals surface area contributed by atoms with Crippen molar-refractivity contribution in [3.05, 3.63) is 134 Å². The van der Waals surface area contributed by atoms with Gasteiger partial charge >= 0.3 is 0 Å². The second-order valence-corrected chi connectivity index (χ2v) is 13.6. The van der Waals surface area contributed by atoms with E-state index in [9.17, 15) is 4.79 Å². The van der Waals surface area contributed by atoms with E-state index in [1.165, 1.54) is 22.1 Å². The fourth-order valence-corrected chi connectivity index (χ4v) is 7.62. The highest BCUT2D eigenvalue weighted by molar-refractivity contribution is 7.15. The molecule has 0 spiro atoms. The fraction of sp³-hybridized carbons (Fsp3) is 0.243. The van der Waals surface area contributed by atoms with Crippen LogP contribution in [0.3, 0.4) is 0 Å². The number of rotatable bonds is 7. The second-order valence-electron chi connectivity index (χ2n) is 11.9. The van der Waals surface area contributed by atoms with Crippen molar-refractivity contribution in [1.29, 1.82) is 0 Å². The van der Waals surface area contributed by atoms with E-state index >= 15 is 0 Å². The van der Waals surface area contributed by atoms with Gasteiger partial charge in [-0.05, 0) is 81.0 Å². The van der Waals surface area contributed by atoms with Crippen molar-refractivity contribution in [1.82, 2.24) is 19.7 Å². The lowest BCUT2D eigenvalue weighted by atomic mass is 9.99.